The number of nitrogens with two attached hydrogens (primary N) is 1. The molecular weight excluding hydrogens is 522 g/mol. The molecule has 0 aliphatic carbocycles. The van der Waals surface area contributed by atoms with Crippen LogP contribution in [0.15, 0.2) is 64.2 Å². The Labute approximate surface area is 197 Å². The predicted molar refractivity (Wildman–Crippen MR) is 123 cm³/mol. The average molecular weight is 539 g/mol. The summed E-state index contributed by atoms with van der Waals surface area (Å²) in [5, 5.41) is 8.07. The molecular formula is C21H17BrClN3O5S. The predicted octanol–water partition coefficient (Wildman–Crippen LogP) is 3.70. The number of halogens is 2. The number of hydrogen-bond donors (Lipinski definition) is 2. The minimum absolute atomic E-state index is 0.0596. The molecule has 0 aliphatic rings. The number of carbonyl (C=O) groups excluding carboxylic acids is 2. The summed E-state index contributed by atoms with van der Waals surface area (Å²) in [6.45, 7) is 1.24. The smallest absolute Gasteiger partial charge is 0.262 e. The number of amides is 1. The van der Waals surface area contributed by atoms with E-state index in [4.69, 9.17) is 21.5 Å². The van der Waals surface area contributed by atoms with Crippen molar-refractivity contribution in [2.24, 2.45) is 5.14 Å². The SMILES string of the molecule is Cc1cc(S(N)(=O)=O)ccc1NC(=O)COc1ccc(Cl)cc1C(=O)c1cncc(Br)c1. The number of aryl methyl sites for hydroxylation is 1. The van der Waals surface area contributed by atoms with Crippen LogP contribution in [0.3, 0.4) is 0 Å². The zero-order chi connectivity index (χ0) is 23.5. The maximum absolute atomic E-state index is 12.9. The van der Waals surface area contributed by atoms with E-state index < -0.39 is 22.5 Å². The van der Waals surface area contributed by atoms with E-state index in [1.807, 2.05) is 0 Å². The molecule has 0 bridgehead atoms. The first-order valence-electron chi connectivity index (χ1n) is 9.05. The van der Waals surface area contributed by atoms with Gasteiger partial charge in [-0.15, -0.1) is 0 Å². The second-order valence-corrected chi connectivity index (χ2v) is 9.63. The van der Waals surface area contributed by atoms with Gasteiger partial charge in [-0.3, -0.25) is 14.6 Å². The minimum Gasteiger partial charge on any atom is -0.483 e. The molecule has 3 aromatic rings. The van der Waals surface area contributed by atoms with E-state index in [0.717, 1.165) is 0 Å². The quantitative estimate of drug-likeness (QED) is 0.441. The maximum Gasteiger partial charge on any atom is 0.262 e. The van der Waals surface area contributed by atoms with Gasteiger partial charge in [0, 0.05) is 33.1 Å². The third-order valence-electron chi connectivity index (χ3n) is 4.31. The Morgan fingerprint density at radius 3 is 2.56 bits per heavy atom. The van der Waals surface area contributed by atoms with Crippen molar-refractivity contribution < 1.29 is 22.7 Å². The summed E-state index contributed by atoms with van der Waals surface area (Å²) in [4.78, 5) is 29.2. The zero-order valence-electron chi connectivity index (χ0n) is 16.6. The van der Waals surface area contributed by atoms with Crippen molar-refractivity contribution in [1.82, 2.24) is 4.98 Å². The van der Waals surface area contributed by atoms with Gasteiger partial charge in [-0.2, -0.15) is 0 Å². The van der Waals surface area contributed by atoms with E-state index in [0.29, 0.717) is 26.3 Å². The normalized spacial score (nSPS) is 11.1. The van der Waals surface area contributed by atoms with Crippen molar-refractivity contribution in [1.29, 1.82) is 0 Å². The number of pyridine rings is 1. The van der Waals surface area contributed by atoms with Crippen LogP contribution in [0.4, 0.5) is 5.69 Å². The molecule has 166 valence electrons. The molecule has 1 aromatic heterocycles. The molecule has 0 aliphatic heterocycles. The molecule has 0 radical (unpaired) electrons. The highest BCUT2D eigenvalue weighted by molar-refractivity contribution is 9.10. The summed E-state index contributed by atoms with van der Waals surface area (Å²) in [6, 6.07) is 10.2. The lowest BCUT2D eigenvalue weighted by Gasteiger charge is -2.13. The highest BCUT2D eigenvalue weighted by Crippen LogP contribution is 2.26. The summed E-state index contributed by atoms with van der Waals surface area (Å²) in [6.07, 6.45) is 2.96. The molecule has 1 heterocycles. The van der Waals surface area contributed by atoms with Gasteiger partial charge in [-0.1, -0.05) is 11.6 Å². The number of nitrogens with one attached hydrogen (secondary N) is 1. The summed E-state index contributed by atoms with van der Waals surface area (Å²) in [5.74, 6) is -0.698. The first kappa shape index (κ1) is 23.9. The topological polar surface area (TPSA) is 128 Å². The second-order valence-electron chi connectivity index (χ2n) is 6.72. The Bertz CT molecular complexity index is 1310. The maximum atomic E-state index is 12.9. The van der Waals surface area contributed by atoms with Crippen LogP contribution < -0.4 is 15.2 Å². The molecule has 8 nitrogen and oxygen atoms in total. The summed E-state index contributed by atoms with van der Waals surface area (Å²) in [7, 11) is -3.85. The first-order valence-corrected chi connectivity index (χ1v) is 11.8. The lowest BCUT2D eigenvalue weighted by Crippen LogP contribution is -2.21. The van der Waals surface area contributed by atoms with Gasteiger partial charge in [0.05, 0.1) is 10.5 Å². The fraction of sp³-hybridized carbons (Fsp3) is 0.0952. The molecule has 0 spiro atoms. The van der Waals surface area contributed by atoms with Crippen LogP contribution >= 0.6 is 27.5 Å². The largest absolute Gasteiger partial charge is 0.483 e. The van der Waals surface area contributed by atoms with Crippen LogP contribution in [0.25, 0.3) is 0 Å². The molecule has 11 heteroatoms. The molecule has 3 N–H and O–H groups in total. The lowest BCUT2D eigenvalue weighted by atomic mass is 10.0. The number of primary sulfonamides is 1. The van der Waals surface area contributed by atoms with Crippen LogP contribution in [-0.2, 0) is 14.8 Å². The van der Waals surface area contributed by atoms with Gasteiger partial charge in [0.1, 0.15) is 5.75 Å². The van der Waals surface area contributed by atoms with Gasteiger partial charge in [0.15, 0.2) is 12.4 Å². The minimum atomic E-state index is -3.85. The summed E-state index contributed by atoms with van der Waals surface area (Å²) < 4.78 is 29.1. The van der Waals surface area contributed by atoms with E-state index in [-0.39, 0.29) is 22.0 Å². The Balaban J connectivity index is 1.75. The van der Waals surface area contributed by atoms with Gasteiger partial charge < -0.3 is 10.1 Å². The third-order valence-corrected chi connectivity index (χ3v) is 5.89. The Kier molecular flexibility index (Phi) is 7.29. The number of aromatic nitrogens is 1. The van der Waals surface area contributed by atoms with Gasteiger partial charge in [0.2, 0.25) is 10.0 Å². The van der Waals surface area contributed by atoms with E-state index >= 15 is 0 Å². The monoisotopic (exact) mass is 537 g/mol. The Morgan fingerprint density at radius 1 is 1.16 bits per heavy atom. The molecule has 2 aromatic carbocycles. The van der Waals surface area contributed by atoms with Gasteiger partial charge in [0.25, 0.3) is 5.91 Å². The van der Waals surface area contributed by atoms with E-state index in [9.17, 15) is 18.0 Å². The summed E-state index contributed by atoms with van der Waals surface area (Å²) >= 11 is 9.32. The molecule has 0 saturated carbocycles. The van der Waals surface area contributed by atoms with E-state index in [2.05, 4.69) is 26.2 Å². The number of nitrogens with zero attached hydrogens (tertiary/aromatic N) is 1. The first-order chi connectivity index (χ1) is 15.0. The molecule has 0 fully saturated rings. The van der Waals surface area contributed by atoms with Crippen LogP contribution in [0, 0.1) is 6.92 Å². The van der Waals surface area contributed by atoms with Gasteiger partial charge in [-0.05, 0) is 70.9 Å². The Morgan fingerprint density at radius 2 is 1.91 bits per heavy atom. The fourth-order valence-corrected chi connectivity index (χ4v) is 3.92. The molecule has 0 atom stereocenters. The van der Waals surface area contributed by atoms with E-state index in [1.165, 1.54) is 36.5 Å². The number of benzene rings is 2. The number of sulfonamides is 1. The van der Waals surface area contributed by atoms with Crippen LogP contribution in [0.1, 0.15) is 21.5 Å². The highest BCUT2D eigenvalue weighted by Gasteiger charge is 2.18. The molecule has 0 saturated heterocycles. The summed E-state index contributed by atoms with van der Waals surface area (Å²) in [5.41, 5.74) is 1.41. The third kappa shape index (κ3) is 5.92. The van der Waals surface area contributed by atoms with Crippen molar-refractivity contribution in [3.63, 3.8) is 0 Å². The highest BCUT2D eigenvalue weighted by atomic mass is 79.9. The number of anilines is 1. The van der Waals surface area contributed by atoms with E-state index in [1.54, 1.807) is 25.3 Å². The van der Waals surface area contributed by atoms with Crippen molar-refractivity contribution in [2.75, 3.05) is 11.9 Å². The number of rotatable bonds is 7. The molecule has 3 rings (SSSR count). The van der Waals surface area contributed by atoms with Crippen molar-refractivity contribution in [3.8, 4) is 5.75 Å². The zero-order valence-corrected chi connectivity index (χ0v) is 19.8. The second kappa shape index (κ2) is 9.78. The molecule has 1 amide bonds. The number of ketones is 1. The van der Waals surface area contributed by atoms with Crippen LogP contribution in [0.5, 0.6) is 5.75 Å². The van der Waals surface area contributed by atoms with Gasteiger partial charge in [-0.25, -0.2) is 13.6 Å². The Hall–Kier alpha value is -2.79. The fourth-order valence-electron chi connectivity index (χ4n) is 2.78. The van der Waals surface area contributed by atoms with Crippen LogP contribution in [0.2, 0.25) is 5.02 Å². The lowest BCUT2D eigenvalue weighted by molar-refractivity contribution is -0.118. The van der Waals surface area contributed by atoms with Crippen molar-refractivity contribution >= 4 is 54.9 Å². The molecule has 0 unspecified atom stereocenters. The number of ether oxygens (including phenoxy) is 1. The average Bonchev–Trinajstić information content (AvgIpc) is 2.73. The van der Waals surface area contributed by atoms with Crippen molar-refractivity contribution in [2.45, 2.75) is 11.8 Å². The van der Waals surface area contributed by atoms with Crippen molar-refractivity contribution in [3.05, 3.63) is 81.0 Å². The molecule has 32 heavy (non-hydrogen) atoms. The van der Waals surface area contributed by atoms with Crippen LogP contribution in [-0.4, -0.2) is 31.7 Å². The standard InChI is InChI=1S/C21H17BrClN3O5S/c1-12-6-16(32(24,29)30)3-4-18(12)26-20(27)11-31-19-5-2-15(23)8-17(19)21(28)13-7-14(22)10-25-9-13/h2-10H,11H2,1H3,(H,26,27)(H2,24,29,30). The number of carbonyl (C=O) groups is 2. The number of hydrogen-bond acceptors (Lipinski definition) is 6. The van der Waals surface area contributed by atoms with Gasteiger partial charge >= 0.3 is 0 Å².